The first kappa shape index (κ1) is 11.8. The number of halogens is 4. The average molecular weight is 331 g/mol. The Hall–Kier alpha value is -0.230. The van der Waals surface area contributed by atoms with Crippen LogP contribution >= 0.6 is 31.9 Å². The molecule has 1 aromatic rings. The van der Waals surface area contributed by atoms with Crippen molar-refractivity contribution in [3.63, 3.8) is 0 Å². The zero-order valence-electron chi connectivity index (χ0n) is 7.23. The minimum atomic E-state index is -2.58. The summed E-state index contributed by atoms with van der Waals surface area (Å²) in [6, 6.07) is 1.54. The molecule has 0 N–H and O–H groups in total. The van der Waals surface area contributed by atoms with Gasteiger partial charge in [-0.1, -0.05) is 15.9 Å². The molecule has 1 aromatic heterocycles. The Balaban J connectivity index is 3.24. The molecule has 0 spiro atoms. The minimum absolute atomic E-state index is 0.227. The average Bonchev–Trinajstić information content (AvgIpc) is 2.17. The molecule has 78 valence electrons. The van der Waals surface area contributed by atoms with Crippen LogP contribution in [0.25, 0.3) is 0 Å². The standard InChI is InChI=1S/C8H7Br2F2NO/c1-14-5-2-4(3-9)6(8(11)12)13-7(5)10/h2,8H,3H2,1H3. The molecule has 0 aliphatic carbocycles. The Morgan fingerprint density at radius 2 is 2.21 bits per heavy atom. The third-order valence-corrected chi connectivity index (χ3v) is 2.80. The fraction of sp³-hybridized carbons (Fsp3) is 0.375. The highest BCUT2D eigenvalue weighted by Gasteiger charge is 2.17. The first-order valence-electron chi connectivity index (χ1n) is 3.67. The molecule has 0 amide bonds. The Bertz CT molecular complexity index is 333. The molecule has 0 atom stereocenters. The van der Waals surface area contributed by atoms with Crippen LogP contribution in [0.1, 0.15) is 17.7 Å². The molecule has 0 fully saturated rings. The lowest BCUT2D eigenvalue weighted by molar-refractivity contribution is 0.144. The molecule has 0 aliphatic heterocycles. The van der Waals surface area contributed by atoms with E-state index in [-0.39, 0.29) is 5.69 Å². The quantitative estimate of drug-likeness (QED) is 0.623. The van der Waals surface area contributed by atoms with Crippen molar-refractivity contribution in [1.82, 2.24) is 4.98 Å². The normalized spacial score (nSPS) is 10.7. The van der Waals surface area contributed by atoms with E-state index in [1.165, 1.54) is 13.2 Å². The molecule has 2 nitrogen and oxygen atoms in total. The number of nitrogens with zero attached hydrogens (tertiary/aromatic N) is 1. The van der Waals surface area contributed by atoms with Crippen LogP contribution in [-0.4, -0.2) is 12.1 Å². The summed E-state index contributed by atoms with van der Waals surface area (Å²) in [5, 5.41) is 0.323. The van der Waals surface area contributed by atoms with Gasteiger partial charge in [-0.3, -0.25) is 0 Å². The lowest BCUT2D eigenvalue weighted by atomic mass is 10.2. The van der Waals surface area contributed by atoms with Gasteiger partial charge in [0.15, 0.2) is 5.75 Å². The molecule has 0 saturated heterocycles. The van der Waals surface area contributed by atoms with E-state index in [2.05, 4.69) is 36.8 Å². The number of ether oxygens (including phenoxy) is 1. The van der Waals surface area contributed by atoms with E-state index in [9.17, 15) is 8.78 Å². The Morgan fingerprint density at radius 3 is 2.64 bits per heavy atom. The van der Waals surface area contributed by atoms with Gasteiger partial charge in [0.05, 0.1) is 7.11 Å². The summed E-state index contributed by atoms with van der Waals surface area (Å²) in [7, 11) is 1.46. The smallest absolute Gasteiger partial charge is 0.280 e. The Kier molecular flexibility index (Phi) is 4.25. The third kappa shape index (κ3) is 2.42. The van der Waals surface area contributed by atoms with Crippen molar-refractivity contribution in [2.75, 3.05) is 7.11 Å². The molecule has 1 rings (SSSR count). The van der Waals surface area contributed by atoms with Crippen LogP contribution < -0.4 is 4.74 Å². The lowest BCUT2D eigenvalue weighted by Crippen LogP contribution is -1.99. The minimum Gasteiger partial charge on any atom is -0.494 e. The van der Waals surface area contributed by atoms with E-state index in [1.54, 1.807) is 0 Å². The largest absolute Gasteiger partial charge is 0.494 e. The van der Waals surface area contributed by atoms with Crippen molar-refractivity contribution in [2.24, 2.45) is 0 Å². The van der Waals surface area contributed by atoms with Gasteiger partial charge in [0.25, 0.3) is 6.43 Å². The second-order valence-electron chi connectivity index (χ2n) is 2.46. The number of rotatable bonds is 3. The first-order valence-corrected chi connectivity index (χ1v) is 5.59. The summed E-state index contributed by atoms with van der Waals surface area (Å²) < 4.78 is 30.2. The number of methoxy groups -OCH3 is 1. The second kappa shape index (κ2) is 5.02. The van der Waals surface area contributed by atoms with Crippen LogP contribution in [0, 0.1) is 0 Å². The Morgan fingerprint density at radius 1 is 1.57 bits per heavy atom. The van der Waals surface area contributed by atoms with Crippen molar-refractivity contribution in [1.29, 1.82) is 0 Å². The number of aromatic nitrogens is 1. The van der Waals surface area contributed by atoms with Gasteiger partial charge < -0.3 is 4.74 Å². The molecular weight excluding hydrogens is 324 g/mol. The summed E-state index contributed by atoms with van der Waals surface area (Å²) in [6.07, 6.45) is -2.58. The predicted octanol–water partition coefficient (Wildman–Crippen LogP) is 3.69. The van der Waals surface area contributed by atoms with Crippen LogP contribution in [0.5, 0.6) is 5.75 Å². The first-order chi connectivity index (χ1) is 6.60. The van der Waals surface area contributed by atoms with Crippen LogP contribution in [0.2, 0.25) is 0 Å². The molecule has 0 aliphatic rings. The zero-order valence-corrected chi connectivity index (χ0v) is 10.4. The molecule has 0 saturated carbocycles. The van der Waals surface area contributed by atoms with Gasteiger partial charge in [0.2, 0.25) is 0 Å². The van der Waals surface area contributed by atoms with Crippen LogP contribution in [-0.2, 0) is 5.33 Å². The van der Waals surface area contributed by atoms with Gasteiger partial charge in [0.1, 0.15) is 10.3 Å². The zero-order chi connectivity index (χ0) is 10.7. The van der Waals surface area contributed by atoms with Crippen molar-refractivity contribution in [3.05, 3.63) is 21.9 Å². The summed E-state index contributed by atoms with van der Waals surface area (Å²) in [5.74, 6) is 0.448. The molecule has 0 unspecified atom stereocenters. The number of hydrogen-bond donors (Lipinski definition) is 0. The van der Waals surface area contributed by atoms with Crippen LogP contribution in [0.4, 0.5) is 8.78 Å². The maximum Gasteiger partial charge on any atom is 0.280 e. The maximum atomic E-state index is 12.5. The van der Waals surface area contributed by atoms with Crippen molar-refractivity contribution in [3.8, 4) is 5.75 Å². The van der Waals surface area contributed by atoms with Crippen molar-refractivity contribution >= 4 is 31.9 Å². The van der Waals surface area contributed by atoms with Crippen molar-refractivity contribution < 1.29 is 13.5 Å². The summed E-state index contributed by atoms with van der Waals surface area (Å²) in [5.41, 5.74) is 0.203. The van der Waals surface area contributed by atoms with Gasteiger partial charge in [-0.2, -0.15) is 0 Å². The van der Waals surface area contributed by atoms with E-state index in [0.29, 0.717) is 21.2 Å². The molecule has 0 aromatic carbocycles. The maximum absolute atomic E-state index is 12.5. The van der Waals surface area contributed by atoms with E-state index < -0.39 is 6.43 Å². The topological polar surface area (TPSA) is 22.1 Å². The SMILES string of the molecule is COc1cc(CBr)c(C(F)F)nc1Br. The highest BCUT2D eigenvalue weighted by Crippen LogP contribution is 2.31. The fourth-order valence-corrected chi connectivity index (χ4v) is 1.88. The molecular formula is C8H7Br2F2NO. The van der Waals surface area contributed by atoms with E-state index in [4.69, 9.17) is 4.74 Å². The number of hydrogen-bond acceptors (Lipinski definition) is 2. The fourth-order valence-electron chi connectivity index (χ4n) is 0.964. The number of alkyl halides is 3. The summed E-state index contributed by atoms with van der Waals surface area (Å²) in [6.45, 7) is 0. The summed E-state index contributed by atoms with van der Waals surface area (Å²) >= 11 is 6.17. The van der Waals surface area contributed by atoms with Gasteiger partial charge >= 0.3 is 0 Å². The van der Waals surface area contributed by atoms with E-state index >= 15 is 0 Å². The van der Waals surface area contributed by atoms with Crippen LogP contribution in [0.15, 0.2) is 10.7 Å². The summed E-state index contributed by atoms with van der Waals surface area (Å²) in [4.78, 5) is 3.73. The second-order valence-corrected chi connectivity index (χ2v) is 3.77. The third-order valence-electron chi connectivity index (χ3n) is 1.63. The highest BCUT2D eigenvalue weighted by atomic mass is 79.9. The van der Waals surface area contributed by atoms with E-state index in [0.717, 1.165) is 0 Å². The van der Waals surface area contributed by atoms with Gasteiger partial charge in [0, 0.05) is 5.33 Å². The molecule has 0 bridgehead atoms. The number of pyridine rings is 1. The lowest BCUT2D eigenvalue weighted by Gasteiger charge is -2.09. The van der Waals surface area contributed by atoms with Crippen molar-refractivity contribution in [2.45, 2.75) is 11.8 Å². The molecule has 1 heterocycles. The monoisotopic (exact) mass is 329 g/mol. The van der Waals surface area contributed by atoms with Crippen LogP contribution in [0.3, 0.4) is 0 Å². The molecule has 14 heavy (non-hydrogen) atoms. The van der Waals surface area contributed by atoms with E-state index in [1.807, 2.05) is 0 Å². The molecule has 0 radical (unpaired) electrons. The predicted molar refractivity (Wildman–Crippen MR) is 56.1 cm³/mol. The highest BCUT2D eigenvalue weighted by molar-refractivity contribution is 9.10. The molecule has 6 heteroatoms. The van der Waals surface area contributed by atoms with Gasteiger partial charge in [-0.25, -0.2) is 13.8 Å². The van der Waals surface area contributed by atoms with Gasteiger partial charge in [-0.15, -0.1) is 0 Å². The van der Waals surface area contributed by atoms with Gasteiger partial charge in [-0.05, 0) is 27.6 Å². The Labute approximate surface area is 96.9 Å².